The van der Waals surface area contributed by atoms with E-state index in [0.717, 1.165) is 73.7 Å². The van der Waals surface area contributed by atoms with Gasteiger partial charge in [-0.1, -0.05) is 30.8 Å². The van der Waals surface area contributed by atoms with Gasteiger partial charge < -0.3 is 9.88 Å². The van der Waals surface area contributed by atoms with Crippen LogP contribution < -0.4 is 4.90 Å². The molecule has 2 aliphatic rings. The van der Waals surface area contributed by atoms with Gasteiger partial charge in [0.2, 0.25) is 0 Å². The van der Waals surface area contributed by atoms with Gasteiger partial charge in [0.05, 0.1) is 31.1 Å². The van der Waals surface area contributed by atoms with Crippen LogP contribution in [-0.2, 0) is 19.4 Å². The molecule has 0 aliphatic carbocycles. The summed E-state index contributed by atoms with van der Waals surface area (Å²) < 4.78 is 0.339. The number of aryl methyl sites for hydroxylation is 1. The minimum absolute atomic E-state index is 0. The number of nitrogens with zero attached hydrogens (tertiary/aromatic N) is 5. The molecule has 3 aromatic rings. The molecule has 0 atom stereocenters. The zero-order valence-corrected chi connectivity index (χ0v) is 21.9. The Bertz CT molecular complexity index is 1330. The molecule has 0 bridgehead atoms. The molecule has 4 heterocycles. The number of amides is 1. The number of carbonyl (C=O) groups excluding carboxylic acids is 1. The molecular weight excluding hydrogens is 472 g/mol. The van der Waals surface area contributed by atoms with E-state index in [2.05, 4.69) is 58.7 Å². The number of nitrogens with one attached hydrogen (secondary N) is 1. The molecule has 36 heavy (non-hydrogen) atoms. The number of piperazine rings is 1. The summed E-state index contributed by atoms with van der Waals surface area (Å²) in [5.74, 6) is 0.846. The van der Waals surface area contributed by atoms with Gasteiger partial charge in [-0.3, -0.25) is 4.90 Å². The van der Waals surface area contributed by atoms with E-state index in [1.807, 2.05) is 19.1 Å². The van der Waals surface area contributed by atoms with Crippen LogP contribution in [0.4, 0.5) is 5.82 Å². The Kier molecular flexibility index (Phi) is 7.51. The fraction of sp³-hybridized carbons (Fsp3) is 0.393. The van der Waals surface area contributed by atoms with E-state index in [-0.39, 0.29) is 18.3 Å². The van der Waals surface area contributed by atoms with Crippen LogP contribution in [0.2, 0.25) is 0 Å². The Morgan fingerprint density at radius 1 is 1.25 bits per heavy atom. The van der Waals surface area contributed by atoms with Gasteiger partial charge in [-0.15, -0.1) is 12.4 Å². The third-order valence-electron chi connectivity index (χ3n) is 7.72. The molecule has 5 rings (SSSR count). The number of pyridine rings is 1. The van der Waals surface area contributed by atoms with Crippen molar-refractivity contribution in [3.05, 3.63) is 71.1 Å². The van der Waals surface area contributed by atoms with Gasteiger partial charge in [0, 0.05) is 37.3 Å². The molecule has 1 N–H and O–H groups in total. The third kappa shape index (κ3) is 4.53. The topological polar surface area (TPSA) is 76.0 Å². The fourth-order valence-electron chi connectivity index (χ4n) is 5.59. The van der Waals surface area contributed by atoms with Crippen molar-refractivity contribution in [3.63, 3.8) is 0 Å². The van der Waals surface area contributed by atoms with Crippen LogP contribution in [-0.4, -0.2) is 71.6 Å². The molecule has 1 amide bonds. The summed E-state index contributed by atoms with van der Waals surface area (Å²) in [6.07, 6.45) is 3.08. The number of fused-ring (bicyclic) bond motifs is 2. The average Bonchev–Trinajstić information content (AvgIpc) is 3.19. The van der Waals surface area contributed by atoms with Gasteiger partial charge in [0.25, 0.3) is 0 Å². The number of hydrogen-bond acceptors (Lipinski definition) is 5. The van der Waals surface area contributed by atoms with E-state index < -0.39 is 0 Å². The predicted molar refractivity (Wildman–Crippen MR) is 145 cm³/mol. The van der Waals surface area contributed by atoms with Gasteiger partial charge >= 0.3 is 5.91 Å². The van der Waals surface area contributed by atoms with Crippen molar-refractivity contribution in [2.75, 3.05) is 51.2 Å². The molecule has 2 aromatic heterocycles. The molecule has 1 saturated heterocycles. The van der Waals surface area contributed by atoms with Gasteiger partial charge in [0.1, 0.15) is 6.54 Å². The van der Waals surface area contributed by atoms with Crippen molar-refractivity contribution in [2.24, 2.45) is 0 Å². The lowest BCUT2D eigenvalue weighted by Crippen LogP contribution is -2.62. The van der Waals surface area contributed by atoms with Crippen LogP contribution >= 0.6 is 12.4 Å². The molecule has 0 saturated carbocycles. The lowest BCUT2D eigenvalue weighted by Gasteiger charge is -2.41. The first-order valence-electron chi connectivity index (χ1n) is 12.4. The van der Waals surface area contributed by atoms with Crippen LogP contribution in [0.25, 0.3) is 10.9 Å². The zero-order chi connectivity index (χ0) is 24.6. The van der Waals surface area contributed by atoms with Crippen LogP contribution in [0.15, 0.2) is 43.0 Å². The molecule has 2 aliphatic heterocycles. The highest BCUT2D eigenvalue weighted by atomic mass is 35.5. The number of aromatic nitrogens is 2. The highest BCUT2D eigenvalue weighted by Gasteiger charge is 2.41. The van der Waals surface area contributed by atoms with E-state index in [1.54, 1.807) is 0 Å². The number of hydrogen-bond donors (Lipinski definition) is 1. The normalized spacial score (nSPS) is 17.2. The number of anilines is 1. The Labute approximate surface area is 219 Å². The number of aromatic amines is 1. The van der Waals surface area contributed by atoms with E-state index in [4.69, 9.17) is 4.98 Å². The standard InChI is InChI=1S/C28H32N6O.ClH/c1-4-15-34(16-13-32(3)14-17-34)28(35)25-18-24-23(9-11-29)20(2)30-26(24)27(31-25)33-12-10-21-7-5-6-8-22(21)19-33;/h4-8,18H,1,9-10,12-17,19H2,2-3H3;1H/p+1. The largest absolute Gasteiger partial charge is 0.364 e. The van der Waals surface area contributed by atoms with Gasteiger partial charge in [0.15, 0.2) is 11.5 Å². The molecule has 0 radical (unpaired) electrons. The summed E-state index contributed by atoms with van der Waals surface area (Å²) >= 11 is 0. The Hall–Kier alpha value is -3.18. The number of nitriles is 1. The SMILES string of the molecule is C=CC[N+]1(C(=O)c2cc3c(CC#N)c(C)[nH]c3c(N3CCc4ccccc4C3)n2)CCN(C)CC1.Cl. The molecule has 7 nitrogen and oxygen atoms in total. The van der Waals surface area contributed by atoms with Crippen molar-refractivity contribution >= 4 is 35.0 Å². The minimum Gasteiger partial charge on any atom is -0.355 e. The second-order valence-electron chi connectivity index (χ2n) is 9.93. The molecule has 8 heteroatoms. The maximum absolute atomic E-state index is 14.1. The summed E-state index contributed by atoms with van der Waals surface area (Å²) in [7, 11) is 2.10. The summed E-state index contributed by atoms with van der Waals surface area (Å²) in [6, 6.07) is 12.7. The lowest BCUT2D eigenvalue weighted by molar-refractivity contribution is -0.848. The lowest BCUT2D eigenvalue weighted by atomic mass is 9.99. The number of halogens is 1. The van der Waals surface area contributed by atoms with Crippen LogP contribution in [0.1, 0.15) is 32.9 Å². The van der Waals surface area contributed by atoms with Crippen LogP contribution in [0, 0.1) is 18.3 Å². The molecule has 0 unspecified atom stereocenters. The number of likely N-dealkylation sites (N-methyl/N-ethyl adjacent to an activating group) is 1. The number of quaternary nitrogens is 1. The first-order chi connectivity index (χ1) is 17.0. The van der Waals surface area contributed by atoms with E-state index >= 15 is 0 Å². The average molecular weight is 506 g/mol. The van der Waals surface area contributed by atoms with Crippen LogP contribution in [0.5, 0.6) is 0 Å². The van der Waals surface area contributed by atoms with E-state index in [0.29, 0.717) is 23.1 Å². The van der Waals surface area contributed by atoms with Crippen molar-refractivity contribution in [2.45, 2.75) is 26.3 Å². The maximum atomic E-state index is 14.1. The van der Waals surface area contributed by atoms with Gasteiger partial charge in [-0.25, -0.2) is 14.3 Å². The van der Waals surface area contributed by atoms with Crippen LogP contribution in [0.3, 0.4) is 0 Å². The second kappa shape index (κ2) is 10.4. The predicted octanol–water partition coefficient (Wildman–Crippen LogP) is 4.01. The smallest absolute Gasteiger partial charge is 0.355 e. The Morgan fingerprint density at radius 3 is 2.67 bits per heavy atom. The van der Waals surface area contributed by atoms with Gasteiger partial charge in [-0.2, -0.15) is 5.26 Å². The van der Waals surface area contributed by atoms with Crippen molar-refractivity contribution in [1.82, 2.24) is 14.9 Å². The number of H-pyrrole nitrogens is 1. The molecule has 1 fully saturated rings. The minimum atomic E-state index is 0. The summed E-state index contributed by atoms with van der Waals surface area (Å²) in [6.45, 7) is 11.3. The molecule has 0 spiro atoms. The monoisotopic (exact) mass is 505 g/mol. The first-order valence-corrected chi connectivity index (χ1v) is 12.4. The van der Waals surface area contributed by atoms with Crippen molar-refractivity contribution < 1.29 is 9.28 Å². The second-order valence-corrected chi connectivity index (χ2v) is 9.93. The number of benzene rings is 1. The molecule has 1 aromatic carbocycles. The van der Waals surface area contributed by atoms with E-state index in [9.17, 15) is 10.1 Å². The summed E-state index contributed by atoms with van der Waals surface area (Å²) in [4.78, 5) is 27.2. The quantitative estimate of drug-likeness (QED) is 0.419. The van der Waals surface area contributed by atoms with Crippen molar-refractivity contribution in [1.29, 1.82) is 5.26 Å². The van der Waals surface area contributed by atoms with Crippen molar-refractivity contribution in [3.8, 4) is 6.07 Å². The first kappa shape index (κ1) is 25.9. The maximum Gasteiger partial charge on any atom is 0.364 e. The summed E-state index contributed by atoms with van der Waals surface area (Å²) in [5, 5.41) is 10.4. The van der Waals surface area contributed by atoms with Gasteiger partial charge in [-0.05, 0) is 49.2 Å². The Balaban J connectivity index is 0.00000304. The number of carbonyl (C=O) groups is 1. The fourth-order valence-corrected chi connectivity index (χ4v) is 5.59. The third-order valence-corrected chi connectivity index (χ3v) is 7.72. The highest BCUT2D eigenvalue weighted by molar-refractivity contribution is 5.99. The van der Waals surface area contributed by atoms with E-state index in [1.165, 1.54) is 11.1 Å². The molecule has 188 valence electrons. The highest BCUT2D eigenvalue weighted by Crippen LogP contribution is 2.34. The Morgan fingerprint density at radius 2 is 1.97 bits per heavy atom. The molecular formula is C28H34ClN6O+. The zero-order valence-electron chi connectivity index (χ0n) is 21.1. The summed E-state index contributed by atoms with van der Waals surface area (Å²) in [5.41, 5.74) is 5.97. The number of rotatable bonds is 5.